The minimum atomic E-state index is -2.95. The summed E-state index contributed by atoms with van der Waals surface area (Å²) in [5.74, 6) is -1.06. The Morgan fingerprint density at radius 3 is 2.50 bits per heavy atom. The molecule has 0 saturated carbocycles. The summed E-state index contributed by atoms with van der Waals surface area (Å²) >= 11 is 10.9. The van der Waals surface area contributed by atoms with E-state index in [2.05, 4.69) is 4.98 Å². The Morgan fingerprint density at radius 1 is 1.50 bits per heavy atom. The van der Waals surface area contributed by atoms with Gasteiger partial charge in [0.2, 0.25) is 0 Å². The molecule has 3 nitrogen and oxygen atoms in total. The molecule has 0 aliphatic carbocycles. The molecular weight excluding hydrogens is 237 g/mol. The molecule has 0 bridgehead atoms. The standard InChI is InChI=1S/C7H4Cl2F2N2O/c8-2-1-3(9)13-5(6(10)11)4(2)7(12)14/h1,6H,(H2,12,14). The van der Waals surface area contributed by atoms with Crippen molar-refractivity contribution in [2.24, 2.45) is 5.73 Å². The Labute approximate surface area is 87.8 Å². The maximum absolute atomic E-state index is 12.4. The van der Waals surface area contributed by atoms with Crippen LogP contribution in [0, 0.1) is 0 Å². The summed E-state index contributed by atoms with van der Waals surface area (Å²) in [4.78, 5) is 14.1. The molecule has 0 spiro atoms. The molecule has 0 aliphatic heterocycles. The summed E-state index contributed by atoms with van der Waals surface area (Å²) in [5.41, 5.74) is 3.57. The van der Waals surface area contributed by atoms with Gasteiger partial charge >= 0.3 is 0 Å². The van der Waals surface area contributed by atoms with Crippen LogP contribution < -0.4 is 5.73 Å². The Bertz CT molecular complexity index is 384. The number of amides is 1. The summed E-state index contributed by atoms with van der Waals surface area (Å²) in [7, 11) is 0. The van der Waals surface area contributed by atoms with E-state index in [0.717, 1.165) is 6.07 Å². The molecule has 0 unspecified atom stereocenters. The monoisotopic (exact) mass is 240 g/mol. The molecule has 0 radical (unpaired) electrons. The maximum atomic E-state index is 12.4. The van der Waals surface area contributed by atoms with Crippen molar-refractivity contribution >= 4 is 29.1 Å². The molecule has 2 N–H and O–H groups in total. The average molecular weight is 241 g/mol. The fraction of sp³-hybridized carbons (Fsp3) is 0.143. The fourth-order valence-electron chi connectivity index (χ4n) is 0.904. The largest absolute Gasteiger partial charge is 0.365 e. The zero-order valence-corrected chi connectivity index (χ0v) is 8.11. The Kier molecular flexibility index (Phi) is 3.23. The maximum Gasteiger partial charge on any atom is 0.281 e. The third-order valence-corrected chi connectivity index (χ3v) is 1.91. The summed E-state index contributed by atoms with van der Waals surface area (Å²) in [6.07, 6.45) is -2.95. The second-order valence-corrected chi connectivity index (χ2v) is 3.15. The third kappa shape index (κ3) is 2.10. The molecule has 14 heavy (non-hydrogen) atoms. The van der Waals surface area contributed by atoms with Crippen molar-refractivity contribution in [3.8, 4) is 0 Å². The van der Waals surface area contributed by atoms with Gasteiger partial charge in [0.15, 0.2) is 0 Å². The molecule has 1 aromatic heterocycles. The lowest BCUT2D eigenvalue weighted by atomic mass is 10.2. The molecule has 0 atom stereocenters. The minimum absolute atomic E-state index is 0.213. The van der Waals surface area contributed by atoms with Crippen LogP contribution >= 0.6 is 23.2 Å². The molecule has 1 rings (SSSR count). The highest BCUT2D eigenvalue weighted by Gasteiger charge is 2.22. The number of rotatable bonds is 2. The van der Waals surface area contributed by atoms with Crippen molar-refractivity contribution in [3.05, 3.63) is 27.5 Å². The number of primary amides is 1. The fourth-order valence-corrected chi connectivity index (χ4v) is 1.45. The Hall–Kier alpha value is -0.940. The highest BCUT2D eigenvalue weighted by atomic mass is 35.5. The average Bonchev–Trinajstić information content (AvgIpc) is 2.01. The van der Waals surface area contributed by atoms with Gasteiger partial charge in [-0.05, 0) is 6.07 Å². The number of halogens is 4. The van der Waals surface area contributed by atoms with Gasteiger partial charge in [0.25, 0.3) is 12.3 Å². The second kappa shape index (κ2) is 4.06. The molecule has 7 heteroatoms. The van der Waals surface area contributed by atoms with E-state index in [4.69, 9.17) is 28.9 Å². The number of carbonyl (C=O) groups excluding carboxylic acids is 1. The van der Waals surface area contributed by atoms with Crippen molar-refractivity contribution in [2.45, 2.75) is 6.43 Å². The van der Waals surface area contributed by atoms with Gasteiger partial charge in [-0.2, -0.15) is 0 Å². The number of nitrogens with two attached hydrogens (primary N) is 1. The normalized spacial score (nSPS) is 10.6. The Balaban J connectivity index is 3.44. The lowest BCUT2D eigenvalue weighted by Gasteiger charge is -2.06. The number of carbonyl (C=O) groups is 1. The molecule has 0 aromatic carbocycles. The van der Waals surface area contributed by atoms with E-state index in [1.807, 2.05) is 0 Å². The van der Waals surface area contributed by atoms with Crippen LogP contribution in [0.3, 0.4) is 0 Å². The first-order chi connectivity index (χ1) is 6.43. The number of pyridine rings is 1. The van der Waals surface area contributed by atoms with Crippen LogP contribution in [-0.2, 0) is 0 Å². The molecule has 0 aliphatic rings. The molecule has 1 heterocycles. The lowest BCUT2D eigenvalue weighted by molar-refractivity contribution is 0.0983. The van der Waals surface area contributed by atoms with Crippen LogP contribution in [0.5, 0.6) is 0 Å². The predicted octanol–water partition coefficient (Wildman–Crippen LogP) is 2.42. The topological polar surface area (TPSA) is 56.0 Å². The van der Waals surface area contributed by atoms with Crippen molar-refractivity contribution in [3.63, 3.8) is 0 Å². The molecule has 1 aromatic rings. The van der Waals surface area contributed by atoms with Crippen LogP contribution in [0.25, 0.3) is 0 Å². The molecular formula is C7H4Cl2F2N2O. The van der Waals surface area contributed by atoms with Gasteiger partial charge in [-0.1, -0.05) is 23.2 Å². The van der Waals surface area contributed by atoms with Gasteiger partial charge in [-0.15, -0.1) is 0 Å². The minimum Gasteiger partial charge on any atom is -0.365 e. The van der Waals surface area contributed by atoms with Crippen molar-refractivity contribution < 1.29 is 13.6 Å². The zero-order chi connectivity index (χ0) is 10.9. The third-order valence-electron chi connectivity index (χ3n) is 1.42. The highest BCUT2D eigenvalue weighted by Crippen LogP contribution is 2.28. The van der Waals surface area contributed by atoms with Gasteiger partial charge in [0.05, 0.1) is 10.6 Å². The van der Waals surface area contributed by atoms with Gasteiger partial charge in [-0.25, -0.2) is 13.8 Å². The summed E-state index contributed by atoms with van der Waals surface area (Å²) < 4.78 is 24.7. The van der Waals surface area contributed by atoms with Crippen molar-refractivity contribution in [1.29, 1.82) is 0 Å². The van der Waals surface area contributed by atoms with Crippen LogP contribution in [0.2, 0.25) is 10.2 Å². The number of nitrogens with zero attached hydrogens (tertiary/aromatic N) is 1. The first-order valence-corrected chi connectivity index (χ1v) is 4.13. The van der Waals surface area contributed by atoms with Crippen molar-refractivity contribution in [2.75, 3.05) is 0 Å². The number of hydrogen-bond donors (Lipinski definition) is 1. The van der Waals surface area contributed by atoms with E-state index in [1.54, 1.807) is 0 Å². The first kappa shape index (κ1) is 11.1. The van der Waals surface area contributed by atoms with Crippen LogP contribution in [0.1, 0.15) is 22.5 Å². The van der Waals surface area contributed by atoms with Crippen LogP contribution in [-0.4, -0.2) is 10.9 Å². The second-order valence-electron chi connectivity index (χ2n) is 2.35. The van der Waals surface area contributed by atoms with Crippen molar-refractivity contribution in [1.82, 2.24) is 4.98 Å². The SMILES string of the molecule is NC(=O)c1c(Cl)cc(Cl)nc1C(F)F. The van der Waals surface area contributed by atoms with Gasteiger partial charge in [0.1, 0.15) is 10.8 Å². The molecule has 76 valence electrons. The van der Waals surface area contributed by atoms with E-state index in [1.165, 1.54) is 0 Å². The number of aromatic nitrogens is 1. The van der Waals surface area contributed by atoms with Crippen LogP contribution in [0.4, 0.5) is 8.78 Å². The van der Waals surface area contributed by atoms with E-state index < -0.39 is 23.6 Å². The van der Waals surface area contributed by atoms with E-state index in [9.17, 15) is 13.6 Å². The predicted molar refractivity (Wildman–Crippen MR) is 47.7 cm³/mol. The molecule has 1 amide bonds. The van der Waals surface area contributed by atoms with Gasteiger partial charge in [-0.3, -0.25) is 4.79 Å². The summed E-state index contributed by atoms with van der Waals surface area (Å²) in [6, 6.07) is 1.08. The van der Waals surface area contributed by atoms with E-state index in [0.29, 0.717) is 0 Å². The van der Waals surface area contributed by atoms with E-state index >= 15 is 0 Å². The first-order valence-electron chi connectivity index (χ1n) is 3.37. The Morgan fingerprint density at radius 2 is 2.07 bits per heavy atom. The zero-order valence-electron chi connectivity index (χ0n) is 6.60. The van der Waals surface area contributed by atoms with E-state index in [-0.39, 0.29) is 10.2 Å². The van der Waals surface area contributed by atoms with Gasteiger partial charge < -0.3 is 5.73 Å². The summed E-state index contributed by atoms with van der Waals surface area (Å²) in [6.45, 7) is 0. The molecule has 0 saturated heterocycles. The van der Waals surface area contributed by atoms with Gasteiger partial charge in [0, 0.05) is 0 Å². The molecule has 0 fully saturated rings. The summed E-state index contributed by atoms with van der Waals surface area (Å²) in [5, 5.41) is -0.442. The highest BCUT2D eigenvalue weighted by molar-refractivity contribution is 6.36. The smallest absolute Gasteiger partial charge is 0.281 e. The lowest BCUT2D eigenvalue weighted by Crippen LogP contribution is -2.16. The number of alkyl halides is 2. The van der Waals surface area contributed by atoms with Crippen LogP contribution in [0.15, 0.2) is 6.07 Å². The quantitative estimate of drug-likeness (QED) is 0.808. The number of hydrogen-bond acceptors (Lipinski definition) is 2.